The smallest absolute Gasteiger partial charge is 0.418 e. The maximum absolute atomic E-state index is 9.75. The second-order valence-corrected chi connectivity index (χ2v) is 7.10. The van der Waals surface area contributed by atoms with E-state index in [4.69, 9.17) is 0 Å². The number of pyridine rings is 1. The molecule has 0 radical (unpaired) electrons. The summed E-state index contributed by atoms with van der Waals surface area (Å²) in [5.41, 5.74) is 7.54. The van der Waals surface area contributed by atoms with E-state index in [1.807, 2.05) is 0 Å². The van der Waals surface area contributed by atoms with Crippen LogP contribution in [-0.2, 0) is 6.54 Å². The molecule has 0 fully saturated rings. The topological polar surface area (TPSA) is 3.88 Å². The fourth-order valence-corrected chi connectivity index (χ4v) is 3.39. The Balaban J connectivity index is 0.000000491. The minimum Gasteiger partial charge on any atom is -0.418 e. The summed E-state index contributed by atoms with van der Waals surface area (Å²) < 4.78 is 41.4. The van der Waals surface area contributed by atoms with E-state index in [1.54, 1.807) is 0 Å². The molecule has 158 valence electrons. The number of aromatic nitrogens is 1. The first kappa shape index (κ1) is 22.3. The summed E-state index contributed by atoms with van der Waals surface area (Å²) in [5.74, 6) is 0. The van der Waals surface area contributed by atoms with Crippen LogP contribution in [-0.4, -0.2) is 7.25 Å². The van der Waals surface area contributed by atoms with Crippen molar-refractivity contribution in [1.29, 1.82) is 0 Å². The zero-order valence-corrected chi connectivity index (χ0v) is 17.1. The monoisotopic (exact) mass is 423 g/mol. The van der Waals surface area contributed by atoms with Crippen molar-refractivity contribution >= 4 is 7.25 Å². The number of nitrogens with zero attached hydrogens (tertiary/aromatic N) is 1. The maximum atomic E-state index is 9.75. The third-order valence-electron chi connectivity index (χ3n) is 4.63. The highest BCUT2D eigenvalue weighted by molar-refractivity contribution is 6.50. The zero-order valence-electron chi connectivity index (χ0n) is 17.1. The van der Waals surface area contributed by atoms with Gasteiger partial charge in [-0.15, -0.1) is 0 Å². The lowest BCUT2D eigenvalue weighted by atomic mass is 10.0. The summed E-state index contributed by atoms with van der Waals surface area (Å²) in [5, 5.41) is 0. The van der Waals surface area contributed by atoms with Gasteiger partial charge in [-0.05, 0) is 36.8 Å². The third kappa shape index (κ3) is 6.81. The lowest BCUT2D eigenvalue weighted by molar-refractivity contribution is -0.666. The van der Waals surface area contributed by atoms with Crippen LogP contribution in [0.4, 0.5) is 17.3 Å². The van der Waals surface area contributed by atoms with E-state index in [0.717, 1.165) is 6.54 Å². The van der Waals surface area contributed by atoms with E-state index in [2.05, 4.69) is 115 Å². The Morgan fingerprint density at radius 2 is 0.968 bits per heavy atom. The first-order chi connectivity index (χ1) is 14.8. The van der Waals surface area contributed by atoms with Gasteiger partial charge in [0.25, 0.3) is 0 Å². The van der Waals surface area contributed by atoms with Gasteiger partial charge in [0.05, 0.1) is 0 Å². The Kier molecular flexibility index (Phi) is 7.24. The molecule has 0 N–H and O–H groups in total. The quantitative estimate of drug-likeness (QED) is 0.190. The van der Waals surface area contributed by atoms with Crippen LogP contribution in [0.15, 0.2) is 103 Å². The molecule has 0 amide bonds. The molecule has 4 rings (SSSR count). The van der Waals surface area contributed by atoms with Gasteiger partial charge in [0.1, 0.15) is 0 Å². The molecule has 1 nitrogen and oxygen atoms in total. The second-order valence-electron chi connectivity index (χ2n) is 7.10. The molecule has 1 heterocycles. The fraction of sp³-hybridized carbons (Fsp3) is 0.0800. The molecule has 6 heteroatoms. The van der Waals surface area contributed by atoms with Gasteiger partial charge in [0.15, 0.2) is 6.54 Å². The third-order valence-corrected chi connectivity index (χ3v) is 4.63. The van der Waals surface area contributed by atoms with Crippen molar-refractivity contribution in [3.8, 4) is 22.5 Å². The highest BCUT2D eigenvalue weighted by Crippen LogP contribution is 2.23. The van der Waals surface area contributed by atoms with Gasteiger partial charge in [-0.2, -0.15) is 4.57 Å². The minimum atomic E-state index is -6.00. The maximum Gasteiger partial charge on any atom is 0.673 e. The van der Waals surface area contributed by atoms with Crippen molar-refractivity contribution in [2.45, 2.75) is 13.5 Å². The van der Waals surface area contributed by atoms with E-state index >= 15 is 0 Å². The molecule has 0 bridgehead atoms. The van der Waals surface area contributed by atoms with Crippen LogP contribution in [0.2, 0.25) is 0 Å². The lowest BCUT2D eigenvalue weighted by Crippen LogP contribution is -2.39. The molecule has 0 spiro atoms. The van der Waals surface area contributed by atoms with Crippen molar-refractivity contribution in [2.24, 2.45) is 0 Å². The minimum absolute atomic E-state index is 0.843. The SMILES string of the molecule is Cc1cc(-c2ccccc2)[n+](Cc2ccccc2)c(-c2ccccc2)c1.F[B-](F)(F)F. The Bertz CT molecular complexity index is 1030. The van der Waals surface area contributed by atoms with Crippen LogP contribution in [0.1, 0.15) is 11.1 Å². The van der Waals surface area contributed by atoms with E-state index in [0.29, 0.717) is 0 Å². The molecule has 0 aliphatic carbocycles. The van der Waals surface area contributed by atoms with E-state index < -0.39 is 7.25 Å². The highest BCUT2D eigenvalue weighted by Gasteiger charge is 2.21. The summed E-state index contributed by atoms with van der Waals surface area (Å²) >= 11 is 0. The number of aryl methyl sites for hydroxylation is 1. The highest BCUT2D eigenvalue weighted by atomic mass is 19.5. The summed E-state index contributed by atoms with van der Waals surface area (Å²) in [7, 11) is -6.00. The molecular formula is C25H22BF4N. The number of benzene rings is 3. The van der Waals surface area contributed by atoms with Gasteiger partial charge in [-0.25, -0.2) is 0 Å². The Labute approximate surface area is 179 Å². The van der Waals surface area contributed by atoms with Crippen molar-refractivity contribution < 1.29 is 21.8 Å². The van der Waals surface area contributed by atoms with Gasteiger partial charge in [0, 0.05) is 28.8 Å². The van der Waals surface area contributed by atoms with E-state index in [9.17, 15) is 17.3 Å². The Morgan fingerprint density at radius 3 is 1.35 bits per heavy atom. The molecule has 1 aromatic heterocycles. The molecule has 31 heavy (non-hydrogen) atoms. The van der Waals surface area contributed by atoms with Crippen molar-refractivity contribution in [1.82, 2.24) is 0 Å². The van der Waals surface area contributed by atoms with Gasteiger partial charge in [0.2, 0.25) is 11.4 Å². The van der Waals surface area contributed by atoms with Crippen LogP contribution in [0, 0.1) is 6.92 Å². The molecule has 4 aromatic rings. The Hall–Kier alpha value is -3.41. The van der Waals surface area contributed by atoms with Gasteiger partial charge < -0.3 is 17.3 Å². The van der Waals surface area contributed by atoms with Crippen LogP contribution < -0.4 is 4.57 Å². The largest absolute Gasteiger partial charge is 0.673 e. The normalized spacial score (nSPS) is 10.9. The first-order valence-electron chi connectivity index (χ1n) is 9.88. The van der Waals surface area contributed by atoms with Crippen LogP contribution in [0.25, 0.3) is 22.5 Å². The predicted octanol–water partition coefficient (Wildman–Crippen LogP) is 6.96. The van der Waals surface area contributed by atoms with Crippen molar-refractivity contribution in [2.75, 3.05) is 0 Å². The predicted molar refractivity (Wildman–Crippen MR) is 118 cm³/mol. The molecule has 0 atom stereocenters. The van der Waals surface area contributed by atoms with E-state index in [-0.39, 0.29) is 0 Å². The number of hydrogen-bond donors (Lipinski definition) is 0. The summed E-state index contributed by atoms with van der Waals surface area (Å²) in [4.78, 5) is 0. The van der Waals surface area contributed by atoms with Gasteiger partial charge in [-0.1, -0.05) is 66.7 Å². The lowest BCUT2D eigenvalue weighted by Gasteiger charge is -2.11. The molecule has 0 saturated heterocycles. The van der Waals surface area contributed by atoms with Gasteiger partial charge >= 0.3 is 7.25 Å². The number of hydrogen-bond acceptors (Lipinski definition) is 0. The molecule has 0 aliphatic rings. The molecule has 3 aromatic carbocycles. The number of halogens is 4. The fourth-order valence-electron chi connectivity index (χ4n) is 3.39. The zero-order chi connectivity index (χ0) is 22.3. The summed E-state index contributed by atoms with van der Waals surface area (Å²) in [6.07, 6.45) is 0. The average molecular weight is 423 g/mol. The molecular weight excluding hydrogens is 401 g/mol. The molecule has 0 unspecified atom stereocenters. The van der Waals surface area contributed by atoms with Crippen LogP contribution in [0.3, 0.4) is 0 Å². The standard InChI is InChI=1S/C25H22N.BF4/c1-20-17-24(22-13-7-3-8-14-22)26(19-21-11-5-2-6-12-21)25(18-20)23-15-9-4-10-16-23;2-1(3,4)5/h2-18H,19H2,1H3;/q+1;-1. The van der Waals surface area contributed by atoms with E-state index in [1.165, 1.54) is 33.6 Å². The van der Waals surface area contributed by atoms with Crippen molar-refractivity contribution in [3.63, 3.8) is 0 Å². The van der Waals surface area contributed by atoms with Gasteiger partial charge in [-0.3, -0.25) is 0 Å². The summed E-state index contributed by atoms with van der Waals surface area (Å²) in [6, 6.07) is 36.5. The van der Waals surface area contributed by atoms with Crippen LogP contribution >= 0.6 is 0 Å². The molecule has 0 saturated carbocycles. The second kappa shape index (κ2) is 10.1. The summed E-state index contributed by atoms with van der Waals surface area (Å²) in [6.45, 7) is 3.02. The average Bonchev–Trinajstić information content (AvgIpc) is 2.75. The molecule has 0 aliphatic heterocycles. The Morgan fingerprint density at radius 1 is 0.613 bits per heavy atom. The number of rotatable bonds is 4. The van der Waals surface area contributed by atoms with Crippen LogP contribution in [0.5, 0.6) is 0 Å². The first-order valence-corrected chi connectivity index (χ1v) is 9.88. The van der Waals surface area contributed by atoms with Crippen molar-refractivity contribution in [3.05, 3.63) is 114 Å².